The Kier molecular flexibility index (Phi) is 9.04. The molecule has 0 aromatic carbocycles. The normalized spacial score (nSPS) is 15.3. The Morgan fingerprint density at radius 1 is 1.11 bits per heavy atom. The van der Waals surface area contributed by atoms with Crippen LogP contribution >= 0.6 is 0 Å². The zero-order chi connectivity index (χ0) is 19.6. The minimum Gasteiger partial charge on any atom is -0.357 e. The van der Waals surface area contributed by atoms with Gasteiger partial charge in [0.05, 0.1) is 0 Å². The molecule has 27 heavy (non-hydrogen) atoms. The first-order valence-corrected chi connectivity index (χ1v) is 10.7. The first-order valence-electron chi connectivity index (χ1n) is 10.7. The van der Waals surface area contributed by atoms with E-state index in [2.05, 4.69) is 64.9 Å². The number of aromatic nitrogens is 3. The van der Waals surface area contributed by atoms with Crippen LogP contribution in [0.1, 0.15) is 72.0 Å². The fraction of sp³-hybridized carbons (Fsp3) is 0.850. The summed E-state index contributed by atoms with van der Waals surface area (Å²) in [4.78, 5) is 7.26. The quantitative estimate of drug-likeness (QED) is 0.393. The van der Waals surface area contributed by atoms with Crippen LogP contribution < -0.4 is 10.6 Å². The molecule has 1 aromatic rings. The van der Waals surface area contributed by atoms with Crippen LogP contribution in [0.15, 0.2) is 4.99 Å². The van der Waals surface area contributed by atoms with Crippen LogP contribution in [-0.4, -0.2) is 57.3 Å². The van der Waals surface area contributed by atoms with Crippen molar-refractivity contribution in [3.05, 3.63) is 11.6 Å². The van der Waals surface area contributed by atoms with Gasteiger partial charge < -0.3 is 15.2 Å². The Bertz CT molecular complexity index is 569. The molecule has 2 heterocycles. The third-order valence-corrected chi connectivity index (χ3v) is 5.12. The minimum absolute atomic E-state index is 0.576. The molecule has 0 radical (unpaired) electrons. The third kappa shape index (κ3) is 6.79. The summed E-state index contributed by atoms with van der Waals surface area (Å²) in [6.07, 6.45) is 5.84. The van der Waals surface area contributed by atoms with Crippen molar-refractivity contribution in [2.75, 3.05) is 19.6 Å². The Balaban J connectivity index is 1.86. The average Bonchev–Trinajstić information content (AvgIpc) is 2.85. The molecule has 0 amide bonds. The van der Waals surface area contributed by atoms with Crippen molar-refractivity contribution in [2.45, 2.75) is 91.9 Å². The number of hydrogen-bond acceptors (Lipinski definition) is 4. The van der Waals surface area contributed by atoms with E-state index >= 15 is 0 Å². The summed E-state index contributed by atoms with van der Waals surface area (Å²) in [5, 5.41) is 15.5. The van der Waals surface area contributed by atoms with Gasteiger partial charge in [0.15, 0.2) is 11.8 Å². The van der Waals surface area contributed by atoms with Crippen molar-refractivity contribution in [1.29, 1.82) is 0 Å². The van der Waals surface area contributed by atoms with Gasteiger partial charge in [-0.2, -0.15) is 0 Å². The highest BCUT2D eigenvalue weighted by Crippen LogP contribution is 2.14. The van der Waals surface area contributed by atoms with Gasteiger partial charge in [0.1, 0.15) is 12.4 Å². The molecule has 0 saturated carbocycles. The van der Waals surface area contributed by atoms with Gasteiger partial charge in [-0.15, -0.1) is 10.2 Å². The molecular formula is C20H39N7. The number of hydrogen-bond donors (Lipinski definition) is 2. The second kappa shape index (κ2) is 11.3. The van der Waals surface area contributed by atoms with Crippen molar-refractivity contribution in [3.63, 3.8) is 0 Å². The summed E-state index contributed by atoms with van der Waals surface area (Å²) in [7, 11) is 0. The molecule has 0 atom stereocenters. The first kappa shape index (κ1) is 21.7. The Morgan fingerprint density at radius 2 is 1.89 bits per heavy atom. The van der Waals surface area contributed by atoms with E-state index in [1.54, 1.807) is 0 Å². The smallest absolute Gasteiger partial charge is 0.191 e. The van der Waals surface area contributed by atoms with Gasteiger partial charge in [0.2, 0.25) is 0 Å². The summed E-state index contributed by atoms with van der Waals surface area (Å²) in [6, 6.07) is 1.16. The molecule has 0 saturated heterocycles. The molecule has 0 aliphatic carbocycles. The molecule has 1 aromatic heterocycles. The molecule has 2 rings (SSSR count). The maximum atomic E-state index is 4.74. The second-order valence-corrected chi connectivity index (χ2v) is 7.90. The summed E-state index contributed by atoms with van der Waals surface area (Å²) in [5.74, 6) is 2.97. The topological polar surface area (TPSA) is 70.4 Å². The molecule has 1 aliphatic rings. The SMILES string of the molecule is CCNC(=NCc1nnc2n1CCCCC2)NCCCN(C(C)C)C(C)C. The highest BCUT2D eigenvalue weighted by molar-refractivity contribution is 5.79. The highest BCUT2D eigenvalue weighted by atomic mass is 15.3. The van der Waals surface area contributed by atoms with Crippen molar-refractivity contribution in [2.24, 2.45) is 4.99 Å². The number of nitrogens with zero attached hydrogens (tertiary/aromatic N) is 5. The van der Waals surface area contributed by atoms with Crippen molar-refractivity contribution < 1.29 is 0 Å². The second-order valence-electron chi connectivity index (χ2n) is 7.90. The molecular weight excluding hydrogens is 338 g/mol. The number of aryl methyl sites for hydroxylation is 1. The maximum Gasteiger partial charge on any atom is 0.191 e. The number of guanidine groups is 1. The Morgan fingerprint density at radius 3 is 2.59 bits per heavy atom. The zero-order valence-corrected chi connectivity index (χ0v) is 18.0. The van der Waals surface area contributed by atoms with Crippen LogP contribution in [0.3, 0.4) is 0 Å². The van der Waals surface area contributed by atoms with E-state index in [0.717, 1.165) is 56.6 Å². The summed E-state index contributed by atoms with van der Waals surface area (Å²) in [6.45, 7) is 15.6. The summed E-state index contributed by atoms with van der Waals surface area (Å²) >= 11 is 0. The number of rotatable bonds is 9. The fourth-order valence-electron chi connectivity index (χ4n) is 3.73. The van der Waals surface area contributed by atoms with E-state index < -0.39 is 0 Å². The lowest BCUT2D eigenvalue weighted by Crippen LogP contribution is -2.41. The standard InChI is InChI=1S/C20H39N7/c1-6-21-20(22-12-10-14-26(16(2)3)17(4)5)23-15-19-25-24-18-11-8-7-9-13-27(18)19/h16-17H,6-15H2,1-5H3,(H2,21,22,23). The van der Waals surface area contributed by atoms with Crippen LogP contribution in [0.25, 0.3) is 0 Å². The van der Waals surface area contributed by atoms with E-state index in [9.17, 15) is 0 Å². The van der Waals surface area contributed by atoms with Crippen molar-refractivity contribution in [3.8, 4) is 0 Å². The highest BCUT2D eigenvalue weighted by Gasteiger charge is 2.15. The predicted octanol–water partition coefficient (Wildman–Crippen LogP) is 2.57. The molecule has 0 unspecified atom stereocenters. The largest absolute Gasteiger partial charge is 0.357 e. The number of nitrogens with one attached hydrogen (secondary N) is 2. The van der Waals surface area contributed by atoms with Gasteiger partial charge in [-0.1, -0.05) is 6.42 Å². The maximum absolute atomic E-state index is 4.74. The molecule has 154 valence electrons. The lowest BCUT2D eigenvalue weighted by Gasteiger charge is -2.30. The van der Waals surface area contributed by atoms with Gasteiger partial charge in [-0.25, -0.2) is 4.99 Å². The van der Waals surface area contributed by atoms with Gasteiger partial charge >= 0.3 is 0 Å². The predicted molar refractivity (Wildman–Crippen MR) is 112 cm³/mol. The number of aliphatic imine (C=N–C) groups is 1. The minimum atomic E-state index is 0.576. The molecule has 7 nitrogen and oxygen atoms in total. The van der Waals surface area contributed by atoms with E-state index in [-0.39, 0.29) is 0 Å². The number of fused-ring (bicyclic) bond motifs is 1. The average molecular weight is 378 g/mol. The fourth-order valence-corrected chi connectivity index (χ4v) is 3.73. The van der Waals surface area contributed by atoms with Gasteiger partial charge in [0.25, 0.3) is 0 Å². The van der Waals surface area contributed by atoms with Crippen molar-refractivity contribution >= 4 is 5.96 Å². The zero-order valence-electron chi connectivity index (χ0n) is 18.0. The Hall–Kier alpha value is -1.63. The Labute approximate surface area is 165 Å². The van der Waals surface area contributed by atoms with Crippen LogP contribution in [0.5, 0.6) is 0 Å². The summed E-state index contributed by atoms with van der Waals surface area (Å²) < 4.78 is 2.27. The van der Waals surface area contributed by atoms with Crippen LogP contribution in [0.4, 0.5) is 0 Å². The van der Waals surface area contributed by atoms with Crippen molar-refractivity contribution in [1.82, 2.24) is 30.3 Å². The van der Waals surface area contributed by atoms with E-state index in [1.807, 2.05) is 0 Å². The molecule has 0 fully saturated rings. The van der Waals surface area contributed by atoms with E-state index in [1.165, 1.54) is 19.3 Å². The van der Waals surface area contributed by atoms with Gasteiger partial charge in [-0.05, 0) is 53.9 Å². The van der Waals surface area contributed by atoms with E-state index in [0.29, 0.717) is 18.6 Å². The molecule has 1 aliphatic heterocycles. The lowest BCUT2D eigenvalue weighted by molar-refractivity contribution is 0.173. The van der Waals surface area contributed by atoms with Crippen LogP contribution in [0.2, 0.25) is 0 Å². The molecule has 2 N–H and O–H groups in total. The monoisotopic (exact) mass is 377 g/mol. The molecule has 0 bridgehead atoms. The lowest BCUT2D eigenvalue weighted by atomic mass is 10.2. The molecule has 7 heteroatoms. The van der Waals surface area contributed by atoms with Gasteiger partial charge in [0, 0.05) is 44.7 Å². The third-order valence-electron chi connectivity index (χ3n) is 5.12. The van der Waals surface area contributed by atoms with Crippen LogP contribution in [-0.2, 0) is 19.5 Å². The molecule has 0 spiro atoms. The van der Waals surface area contributed by atoms with Gasteiger partial charge in [-0.3, -0.25) is 4.90 Å². The van der Waals surface area contributed by atoms with Crippen LogP contribution in [0, 0.1) is 0 Å². The van der Waals surface area contributed by atoms with E-state index in [4.69, 9.17) is 4.99 Å². The summed E-state index contributed by atoms with van der Waals surface area (Å²) in [5.41, 5.74) is 0. The first-order chi connectivity index (χ1) is 13.0.